The normalized spacial score (nSPS) is 43.1. The lowest BCUT2D eigenvalue weighted by Crippen LogP contribution is -2.64. The molecular formula is C33H58N2O5. The van der Waals surface area contributed by atoms with Gasteiger partial charge in [-0.05, 0) is 110 Å². The quantitative estimate of drug-likeness (QED) is 0.0978. The Kier molecular flexibility index (Phi) is 10.2. The van der Waals surface area contributed by atoms with Crippen molar-refractivity contribution in [2.75, 3.05) is 20.5 Å². The minimum absolute atomic E-state index is 0.230. The average Bonchev–Trinajstić information content (AvgIpc) is 3.26. The highest BCUT2D eigenvalue weighted by Crippen LogP contribution is 2.71. The Hall–Kier alpha value is -1.34. The van der Waals surface area contributed by atoms with Crippen molar-refractivity contribution in [1.29, 1.82) is 5.41 Å². The molecule has 7 nitrogen and oxygen atoms in total. The number of hydrogen-bond acceptors (Lipinski definition) is 6. The number of fused-ring (bicyclic) bond motifs is 5. The van der Waals surface area contributed by atoms with E-state index >= 15 is 0 Å². The van der Waals surface area contributed by atoms with E-state index in [1.54, 1.807) is 14.0 Å². The number of ether oxygens (including phenoxy) is 3. The summed E-state index contributed by atoms with van der Waals surface area (Å²) in [5.41, 5.74) is 3.14. The van der Waals surface area contributed by atoms with Crippen LogP contribution in [0.3, 0.4) is 0 Å². The van der Waals surface area contributed by atoms with E-state index in [2.05, 4.69) is 47.0 Å². The molecule has 0 radical (unpaired) electrons. The Bertz CT molecular complexity index is 883. The van der Waals surface area contributed by atoms with Crippen molar-refractivity contribution in [2.45, 2.75) is 112 Å². The molecule has 0 saturated heterocycles. The topological polar surface area (TPSA) is 89.9 Å². The minimum atomic E-state index is -0.788. The summed E-state index contributed by atoms with van der Waals surface area (Å²) in [6.45, 7) is 17.4. The Balaban J connectivity index is 1.54. The van der Waals surface area contributed by atoms with E-state index in [0.717, 1.165) is 18.3 Å². The van der Waals surface area contributed by atoms with Gasteiger partial charge in [0.25, 0.3) is 0 Å². The van der Waals surface area contributed by atoms with Gasteiger partial charge in [0.1, 0.15) is 12.6 Å². The van der Waals surface area contributed by atoms with Gasteiger partial charge in [0.2, 0.25) is 0 Å². The van der Waals surface area contributed by atoms with Crippen LogP contribution in [0.15, 0.2) is 0 Å². The van der Waals surface area contributed by atoms with Crippen LogP contribution in [0, 0.1) is 69.5 Å². The van der Waals surface area contributed by atoms with Crippen LogP contribution in [0.2, 0.25) is 0 Å². The molecule has 4 aliphatic carbocycles. The van der Waals surface area contributed by atoms with Crippen LogP contribution in [0.5, 0.6) is 0 Å². The number of hydrogen-bond donors (Lipinski definition) is 2. The van der Waals surface area contributed by atoms with Crippen molar-refractivity contribution in [3.05, 3.63) is 0 Å². The third-order valence-corrected chi connectivity index (χ3v) is 12.4. The van der Waals surface area contributed by atoms with Gasteiger partial charge in [-0.1, -0.05) is 54.4 Å². The maximum absolute atomic E-state index is 11.5. The van der Waals surface area contributed by atoms with Crippen molar-refractivity contribution in [1.82, 2.24) is 5.48 Å². The number of nitrogens with one attached hydrogen (secondary N) is 2. The van der Waals surface area contributed by atoms with Gasteiger partial charge in [0.05, 0.1) is 12.7 Å². The molecule has 4 fully saturated rings. The summed E-state index contributed by atoms with van der Waals surface area (Å²) in [4.78, 5) is 16.3. The van der Waals surface area contributed by atoms with E-state index in [-0.39, 0.29) is 24.0 Å². The molecule has 0 spiro atoms. The van der Waals surface area contributed by atoms with Gasteiger partial charge in [-0.15, -0.1) is 0 Å². The fraction of sp³-hybridized carbons (Fsp3) is 0.939. The van der Waals surface area contributed by atoms with E-state index in [9.17, 15) is 4.79 Å². The molecule has 0 aromatic rings. The fourth-order valence-electron chi connectivity index (χ4n) is 11.1. The molecule has 0 heterocycles. The highest BCUT2D eigenvalue weighted by atomic mass is 16.8. The molecule has 0 aromatic heterocycles. The highest BCUT2D eigenvalue weighted by Gasteiger charge is 2.66. The zero-order chi connectivity index (χ0) is 29.2. The van der Waals surface area contributed by atoms with E-state index in [1.165, 1.54) is 44.9 Å². The second-order valence-electron chi connectivity index (χ2n) is 14.6. The molecule has 0 aromatic carbocycles. The van der Waals surface area contributed by atoms with Crippen LogP contribution < -0.4 is 5.48 Å². The molecule has 2 N–H and O–H groups in total. The van der Waals surface area contributed by atoms with Crippen LogP contribution in [-0.4, -0.2) is 38.6 Å². The Morgan fingerprint density at radius 2 is 1.85 bits per heavy atom. The van der Waals surface area contributed by atoms with Gasteiger partial charge in [0.15, 0.2) is 0 Å². The number of carbonyl (C=O) groups excluding carboxylic acids is 1. The molecule has 3 unspecified atom stereocenters. The first-order valence-electron chi connectivity index (χ1n) is 16.3. The molecule has 0 amide bonds. The predicted molar refractivity (Wildman–Crippen MR) is 158 cm³/mol. The van der Waals surface area contributed by atoms with Crippen LogP contribution in [0.25, 0.3) is 0 Å². The standard InChI is InChI=1S/C33H58N2O5/c1-9-23-26-17-20(3)15-16-32(26,6)29-22(5)18-33(7)24(12-13-25(33)28(29)30(23)39-19-37-8)21(4)11-14-27(34)35-40-31(36)38-10-2/h20-26,28-30H,9-19H2,1-8H3,(H2,34,35)/t20-,21-,22+,23-,24-,25?,26+,28?,29?,30-,32+,33-/m1/s1. The second-order valence-corrected chi connectivity index (χ2v) is 14.6. The molecule has 230 valence electrons. The SMILES string of the molecule is CCOC(=O)ONC(=N)CC[C@@H](C)[C@H]1CCC2C3C([C@@H](C)C[C@@]21C)[C@@]1(C)CC[C@@H](C)C[C@H]1[C@@H](CC)[C@H]3OCOC. The average molecular weight is 563 g/mol. The molecule has 4 rings (SSSR count). The maximum atomic E-state index is 11.5. The summed E-state index contributed by atoms with van der Waals surface area (Å²) in [6, 6.07) is 0. The van der Waals surface area contributed by atoms with E-state index in [1.807, 2.05) is 0 Å². The van der Waals surface area contributed by atoms with E-state index < -0.39 is 6.16 Å². The maximum Gasteiger partial charge on any atom is 0.533 e. The number of hydroxylamine groups is 1. The van der Waals surface area contributed by atoms with Gasteiger partial charge in [-0.3, -0.25) is 5.41 Å². The zero-order valence-electron chi connectivity index (χ0n) is 26.6. The lowest BCUT2D eigenvalue weighted by Gasteiger charge is -2.67. The molecular weight excluding hydrogens is 504 g/mol. The molecule has 40 heavy (non-hydrogen) atoms. The second kappa shape index (κ2) is 12.9. The first-order valence-corrected chi connectivity index (χ1v) is 16.3. The number of carbonyl (C=O) groups is 1. The van der Waals surface area contributed by atoms with Crippen LogP contribution >= 0.6 is 0 Å². The summed E-state index contributed by atoms with van der Waals surface area (Å²) in [7, 11) is 1.76. The Labute approximate surface area is 243 Å². The third kappa shape index (κ3) is 5.80. The van der Waals surface area contributed by atoms with Crippen molar-refractivity contribution in [3.8, 4) is 0 Å². The predicted octanol–water partition coefficient (Wildman–Crippen LogP) is 7.83. The lowest BCUT2D eigenvalue weighted by molar-refractivity contribution is -0.244. The molecule has 4 saturated carbocycles. The number of rotatable bonds is 9. The van der Waals surface area contributed by atoms with Crippen LogP contribution in [-0.2, 0) is 19.0 Å². The Morgan fingerprint density at radius 3 is 2.52 bits per heavy atom. The summed E-state index contributed by atoms with van der Waals surface area (Å²) in [6.07, 6.45) is 10.0. The largest absolute Gasteiger partial charge is 0.533 e. The molecule has 4 aliphatic rings. The van der Waals surface area contributed by atoms with Crippen molar-refractivity contribution < 1.29 is 23.8 Å². The van der Waals surface area contributed by atoms with Gasteiger partial charge in [0, 0.05) is 13.5 Å². The fourth-order valence-corrected chi connectivity index (χ4v) is 11.1. The smallest absolute Gasteiger partial charge is 0.433 e. The van der Waals surface area contributed by atoms with Crippen LogP contribution in [0.1, 0.15) is 106 Å². The van der Waals surface area contributed by atoms with E-state index in [0.29, 0.717) is 60.1 Å². The first kappa shape index (κ1) is 31.6. The highest BCUT2D eigenvalue weighted by molar-refractivity contribution is 5.79. The molecule has 12 atom stereocenters. The van der Waals surface area contributed by atoms with Gasteiger partial charge in [-0.2, -0.15) is 0 Å². The number of methoxy groups -OCH3 is 1. The Morgan fingerprint density at radius 1 is 1.10 bits per heavy atom. The van der Waals surface area contributed by atoms with Crippen LogP contribution in [0.4, 0.5) is 4.79 Å². The van der Waals surface area contributed by atoms with Gasteiger partial charge in [-0.25, -0.2) is 10.3 Å². The molecule has 0 bridgehead atoms. The molecule has 0 aliphatic heterocycles. The lowest BCUT2D eigenvalue weighted by atomic mass is 9.39. The number of amidine groups is 1. The summed E-state index contributed by atoms with van der Waals surface area (Å²) in [5.74, 6) is 6.12. The summed E-state index contributed by atoms with van der Waals surface area (Å²) in [5, 5.41) is 8.25. The summed E-state index contributed by atoms with van der Waals surface area (Å²) >= 11 is 0. The van der Waals surface area contributed by atoms with Gasteiger partial charge < -0.3 is 19.0 Å². The molecule has 7 heteroatoms. The summed E-state index contributed by atoms with van der Waals surface area (Å²) < 4.78 is 17.1. The van der Waals surface area contributed by atoms with E-state index in [4.69, 9.17) is 24.5 Å². The van der Waals surface area contributed by atoms with Gasteiger partial charge >= 0.3 is 6.16 Å². The third-order valence-electron chi connectivity index (χ3n) is 12.4. The van der Waals surface area contributed by atoms with Crippen molar-refractivity contribution >= 4 is 12.0 Å². The monoisotopic (exact) mass is 562 g/mol. The van der Waals surface area contributed by atoms with Crippen molar-refractivity contribution in [2.24, 2.45) is 64.1 Å². The zero-order valence-corrected chi connectivity index (χ0v) is 26.6. The minimum Gasteiger partial charge on any atom is -0.433 e. The van der Waals surface area contributed by atoms with Crippen molar-refractivity contribution in [3.63, 3.8) is 0 Å². The first-order chi connectivity index (χ1) is 19.0.